The highest BCUT2D eigenvalue weighted by molar-refractivity contribution is 7.91. The quantitative estimate of drug-likeness (QED) is 0.448. The van der Waals surface area contributed by atoms with Crippen LogP contribution in [0.2, 0.25) is 0 Å². The van der Waals surface area contributed by atoms with Gasteiger partial charge in [-0.3, -0.25) is 19.2 Å². The average molecular weight is 514 g/mol. The third kappa shape index (κ3) is 4.98. The molecule has 0 unspecified atom stereocenters. The largest absolute Gasteiger partial charge is 0.452 e. The van der Waals surface area contributed by atoms with Gasteiger partial charge < -0.3 is 15.0 Å². The number of nitrogens with one attached hydrogen (secondary N) is 1. The summed E-state index contributed by atoms with van der Waals surface area (Å²) < 4.78 is 28.3. The van der Waals surface area contributed by atoms with E-state index in [0.717, 1.165) is 4.90 Å². The molecule has 2 aliphatic heterocycles. The molecule has 0 bridgehead atoms. The van der Waals surface area contributed by atoms with E-state index in [9.17, 15) is 32.4 Å². The minimum Gasteiger partial charge on any atom is -0.452 e. The summed E-state index contributed by atoms with van der Waals surface area (Å²) in [6.07, 6.45) is 0.325. The molecule has 4 rings (SSSR count). The van der Waals surface area contributed by atoms with Crippen LogP contribution in [0.25, 0.3) is 0 Å². The lowest BCUT2D eigenvalue weighted by atomic mass is 10.1. The van der Waals surface area contributed by atoms with Crippen LogP contribution in [0.5, 0.6) is 0 Å². The number of sulfone groups is 1. The minimum atomic E-state index is -3.18. The van der Waals surface area contributed by atoms with Gasteiger partial charge in [-0.15, -0.1) is 0 Å². The van der Waals surface area contributed by atoms with Gasteiger partial charge in [0, 0.05) is 25.7 Å². The van der Waals surface area contributed by atoms with E-state index in [0.29, 0.717) is 17.8 Å². The summed E-state index contributed by atoms with van der Waals surface area (Å²) in [6, 6.07) is 9.57. The molecule has 0 aromatic heterocycles. The Bertz CT molecular complexity index is 1380. The molecule has 0 spiro atoms. The highest BCUT2D eigenvalue weighted by atomic mass is 32.2. The zero-order valence-corrected chi connectivity index (χ0v) is 20.3. The average Bonchev–Trinajstić information content (AvgIpc) is 3.32. The molecule has 1 N–H and O–H groups in total. The standard InChI is InChI=1S/C24H23N3O8S/c1-14(28)25-16-4-6-17(7-5-16)27-22(30)19-8-3-15(11-20(19)23(27)31)24(32)35-12-21(29)26(2)18-9-10-36(33,34)13-18/h3-8,11,18H,9-10,12-13H2,1-2H3,(H,25,28)/t18-/m1/s1. The van der Waals surface area contributed by atoms with Crippen LogP contribution in [0.1, 0.15) is 44.4 Å². The van der Waals surface area contributed by atoms with Crippen molar-refractivity contribution in [1.29, 1.82) is 0 Å². The fourth-order valence-electron chi connectivity index (χ4n) is 4.10. The Labute approximate surface area is 206 Å². The maximum absolute atomic E-state index is 13.0. The van der Waals surface area contributed by atoms with E-state index in [1.54, 1.807) is 12.1 Å². The van der Waals surface area contributed by atoms with Crippen molar-refractivity contribution in [3.05, 3.63) is 59.2 Å². The van der Waals surface area contributed by atoms with Crippen LogP contribution in [0.15, 0.2) is 42.5 Å². The van der Waals surface area contributed by atoms with Crippen molar-refractivity contribution >= 4 is 50.8 Å². The minimum absolute atomic E-state index is 0.00736. The second-order valence-electron chi connectivity index (χ2n) is 8.57. The number of benzene rings is 2. The molecule has 2 aromatic carbocycles. The van der Waals surface area contributed by atoms with Gasteiger partial charge in [0.25, 0.3) is 17.7 Å². The van der Waals surface area contributed by atoms with Gasteiger partial charge in [-0.25, -0.2) is 18.1 Å². The molecule has 0 saturated carbocycles. The Morgan fingerprint density at radius 2 is 1.72 bits per heavy atom. The molecule has 1 fully saturated rings. The van der Waals surface area contributed by atoms with E-state index < -0.39 is 46.2 Å². The molecule has 188 valence electrons. The van der Waals surface area contributed by atoms with Gasteiger partial charge >= 0.3 is 5.97 Å². The van der Waals surface area contributed by atoms with E-state index in [4.69, 9.17) is 4.74 Å². The number of carbonyl (C=O) groups is 5. The first kappa shape index (κ1) is 25.0. The highest BCUT2D eigenvalue weighted by Crippen LogP contribution is 2.30. The maximum Gasteiger partial charge on any atom is 0.338 e. The van der Waals surface area contributed by atoms with Crippen molar-refractivity contribution in [1.82, 2.24) is 4.90 Å². The summed E-state index contributed by atoms with van der Waals surface area (Å²) in [7, 11) is -1.72. The Balaban J connectivity index is 1.43. The lowest BCUT2D eigenvalue weighted by Gasteiger charge is -2.23. The normalized spacial score (nSPS) is 18.1. The fraction of sp³-hybridized carbons (Fsp3) is 0.292. The van der Waals surface area contributed by atoms with E-state index >= 15 is 0 Å². The Hall–Kier alpha value is -4.06. The molecule has 1 atom stereocenters. The van der Waals surface area contributed by atoms with Crippen molar-refractivity contribution in [3.63, 3.8) is 0 Å². The smallest absolute Gasteiger partial charge is 0.338 e. The molecule has 11 nitrogen and oxygen atoms in total. The predicted octanol–water partition coefficient (Wildman–Crippen LogP) is 1.25. The lowest BCUT2D eigenvalue weighted by Crippen LogP contribution is -2.40. The zero-order chi connectivity index (χ0) is 26.2. The van der Waals surface area contributed by atoms with E-state index in [-0.39, 0.29) is 34.1 Å². The first-order valence-electron chi connectivity index (χ1n) is 11.0. The van der Waals surface area contributed by atoms with E-state index in [1.807, 2.05) is 0 Å². The Kier molecular flexibility index (Phi) is 6.63. The highest BCUT2D eigenvalue weighted by Gasteiger charge is 2.37. The Morgan fingerprint density at radius 3 is 2.33 bits per heavy atom. The van der Waals surface area contributed by atoms with Crippen LogP contribution in [0, 0.1) is 0 Å². The summed E-state index contributed by atoms with van der Waals surface area (Å²) in [5, 5.41) is 2.60. The number of esters is 1. The number of hydrogen-bond donors (Lipinski definition) is 1. The molecule has 2 heterocycles. The summed E-state index contributed by atoms with van der Waals surface area (Å²) in [5.41, 5.74) is 0.905. The molecule has 2 aromatic rings. The number of anilines is 2. The van der Waals surface area contributed by atoms with Crippen LogP contribution >= 0.6 is 0 Å². The van der Waals surface area contributed by atoms with Crippen molar-refractivity contribution in [3.8, 4) is 0 Å². The first-order valence-corrected chi connectivity index (χ1v) is 12.8. The van der Waals surface area contributed by atoms with Gasteiger partial charge in [0.15, 0.2) is 16.4 Å². The third-order valence-electron chi connectivity index (χ3n) is 6.04. The number of rotatable bonds is 6. The van der Waals surface area contributed by atoms with Crippen LogP contribution in [0.4, 0.5) is 11.4 Å². The summed E-state index contributed by atoms with van der Waals surface area (Å²) in [5.74, 6) is -2.99. The number of carbonyl (C=O) groups excluding carboxylic acids is 5. The van der Waals surface area contributed by atoms with Gasteiger partial charge in [0.2, 0.25) is 5.91 Å². The predicted molar refractivity (Wildman–Crippen MR) is 128 cm³/mol. The SMILES string of the molecule is CC(=O)Nc1ccc(N2C(=O)c3ccc(C(=O)OCC(=O)N(C)[C@@H]4CCS(=O)(=O)C4)cc3C2=O)cc1. The van der Waals surface area contributed by atoms with Crippen molar-refractivity contribution < 1.29 is 37.1 Å². The van der Waals surface area contributed by atoms with Crippen molar-refractivity contribution in [2.45, 2.75) is 19.4 Å². The van der Waals surface area contributed by atoms with Gasteiger partial charge in [-0.2, -0.15) is 0 Å². The monoisotopic (exact) mass is 513 g/mol. The fourth-order valence-corrected chi connectivity index (χ4v) is 5.87. The molecule has 1 saturated heterocycles. The number of likely N-dealkylation sites (N-methyl/N-ethyl adjacent to an activating group) is 1. The molecule has 0 radical (unpaired) electrons. The maximum atomic E-state index is 13.0. The second-order valence-corrected chi connectivity index (χ2v) is 10.8. The summed E-state index contributed by atoms with van der Waals surface area (Å²) in [4.78, 5) is 64.1. The van der Waals surface area contributed by atoms with Gasteiger partial charge in [0.05, 0.1) is 33.9 Å². The molecular formula is C24H23N3O8S. The lowest BCUT2D eigenvalue weighted by molar-refractivity contribution is -0.134. The number of ether oxygens (including phenoxy) is 1. The summed E-state index contributed by atoms with van der Waals surface area (Å²) >= 11 is 0. The summed E-state index contributed by atoms with van der Waals surface area (Å²) in [6.45, 7) is 0.764. The number of fused-ring (bicyclic) bond motifs is 1. The van der Waals surface area contributed by atoms with Gasteiger partial charge in [-0.1, -0.05) is 0 Å². The molecular weight excluding hydrogens is 490 g/mol. The second kappa shape index (κ2) is 9.53. The number of nitrogens with zero attached hydrogens (tertiary/aromatic N) is 2. The van der Waals surface area contributed by atoms with E-state index in [1.165, 1.54) is 49.2 Å². The molecule has 2 aliphatic rings. The molecule has 0 aliphatic carbocycles. The molecule has 12 heteroatoms. The van der Waals surface area contributed by atoms with Crippen LogP contribution in [-0.2, 0) is 24.2 Å². The number of imide groups is 1. The van der Waals surface area contributed by atoms with Crippen LogP contribution in [0.3, 0.4) is 0 Å². The number of amides is 4. The molecule has 36 heavy (non-hydrogen) atoms. The first-order chi connectivity index (χ1) is 17.0. The van der Waals surface area contributed by atoms with E-state index in [2.05, 4.69) is 5.32 Å². The van der Waals surface area contributed by atoms with Crippen molar-refractivity contribution in [2.75, 3.05) is 35.4 Å². The number of hydrogen-bond acceptors (Lipinski definition) is 8. The van der Waals surface area contributed by atoms with Crippen molar-refractivity contribution in [2.24, 2.45) is 0 Å². The van der Waals surface area contributed by atoms with Gasteiger partial charge in [0.1, 0.15) is 0 Å². The van der Waals surface area contributed by atoms with Crippen LogP contribution < -0.4 is 10.2 Å². The molecule has 4 amide bonds. The third-order valence-corrected chi connectivity index (χ3v) is 7.79. The van der Waals surface area contributed by atoms with Crippen LogP contribution in [-0.4, -0.2) is 74.1 Å². The Morgan fingerprint density at radius 1 is 1.06 bits per heavy atom. The topological polar surface area (TPSA) is 147 Å². The van der Waals surface area contributed by atoms with Gasteiger partial charge in [-0.05, 0) is 48.9 Å². The zero-order valence-electron chi connectivity index (χ0n) is 19.5.